The van der Waals surface area contributed by atoms with Crippen molar-refractivity contribution in [1.82, 2.24) is 4.90 Å². The lowest BCUT2D eigenvalue weighted by Gasteiger charge is -2.35. The Labute approximate surface area is 372 Å². The van der Waals surface area contributed by atoms with Crippen LogP contribution in [0.4, 0.5) is 0 Å². The van der Waals surface area contributed by atoms with E-state index in [0.717, 1.165) is 55.4 Å². The van der Waals surface area contributed by atoms with Gasteiger partial charge in [-0.25, -0.2) is 4.79 Å². The van der Waals surface area contributed by atoms with Gasteiger partial charge in [-0.05, 0) is 108 Å². The molecule has 0 aromatic heterocycles. The monoisotopic (exact) mass is 872 g/mol. The maximum atomic E-state index is 13.4. The van der Waals surface area contributed by atoms with Crippen LogP contribution in [0.25, 0.3) is 0 Å². The van der Waals surface area contributed by atoms with E-state index in [1.807, 2.05) is 58.1 Å². The number of allylic oxidation sites excluding steroid dienone is 7. The number of unbranched alkanes of at least 4 members (excludes halogenated alkanes) is 2. The van der Waals surface area contributed by atoms with E-state index < -0.39 is 47.6 Å². The van der Waals surface area contributed by atoms with Crippen LogP contribution in [-0.4, -0.2) is 105 Å². The van der Waals surface area contributed by atoms with Crippen molar-refractivity contribution in [3.05, 3.63) is 47.6 Å². The summed E-state index contributed by atoms with van der Waals surface area (Å²) in [5, 5.41) is 41.8. The number of nitrogens with zero attached hydrogens (tertiary/aromatic N) is 1. The van der Waals surface area contributed by atoms with Crippen molar-refractivity contribution in [2.75, 3.05) is 20.8 Å². The number of aliphatic carboxylic acids is 1. The van der Waals surface area contributed by atoms with Gasteiger partial charge in [0.1, 0.15) is 24.0 Å². The third-order valence-corrected chi connectivity index (χ3v) is 13.2. The van der Waals surface area contributed by atoms with Gasteiger partial charge in [-0.2, -0.15) is 0 Å². The number of Topliss-reactive ketones (excluding diaryl/α,β-unsaturated/α-hetero) is 3. The number of hydrogen-bond donors (Lipinski definition) is 4. The number of hydrogen-bond acceptors (Lipinski definition) is 10. The van der Waals surface area contributed by atoms with Gasteiger partial charge in [0, 0.05) is 44.9 Å². The van der Waals surface area contributed by atoms with Crippen LogP contribution in [-0.2, 0) is 33.4 Å². The molecule has 1 saturated carbocycles. The molecule has 0 aromatic carbocycles. The third kappa shape index (κ3) is 18.1. The standard InChI is InChI=1S/C50H81NO11/c1-33(20-13-11-15-22-39(7)50(59,60)47(55)48(56)51-28-17-16-25-42(51)49(57)58)19-12-10-14-21-34(2)29-37(5)44(53)46(62-9)45(54)38(6)31-36(4)43(52)27-26-35(3)30-40-23-18-24-41(32-40)61-8/h10,12,14,19,21,31,34-37,39-42,45-46,54,59-60H,11,13,15-18,20,22-30,32H2,1-9H3,(H,57,58)/b12-10+,21-14+,33-19+,38-31+/t34-,35+,36-,37-,39-,40+,41+,42+,45-,46+/m1/s1. The SMILES string of the molecule is CO[C@H]1CCC[C@@H](C[C@@H](C)CCC(=O)[C@H](C)/C=C(\C)[C@@H](O)[C@@H](OC)C(=O)[C@H](C)C[C@H](C)/C=C/C=C/C=C(\C)CCCCC[C@@H](C)C(O)(O)C(=O)C(=O)N2CCCC[C@H]2C(=O)O)C1. The van der Waals surface area contributed by atoms with Crippen LogP contribution in [0.15, 0.2) is 47.6 Å². The largest absolute Gasteiger partial charge is 0.480 e. The van der Waals surface area contributed by atoms with Gasteiger partial charge >= 0.3 is 5.97 Å². The maximum Gasteiger partial charge on any atom is 0.326 e. The summed E-state index contributed by atoms with van der Waals surface area (Å²) in [6.45, 7) is 13.3. The summed E-state index contributed by atoms with van der Waals surface area (Å²) in [7, 11) is 3.22. The molecule has 1 heterocycles. The van der Waals surface area contributed by atoms with Crippen LogP contribution in [0.5, 0.6) is 0 Å². The van der Waals surface area contributed by atoms with E-state index in [-0.39, 0.29) is 42.3 Å². The summed E-state index contributed by atoms with van der Waals surface area (Å²) >= 11 is 0. The Balaban J connectivity index is 1.75. The van der Waals surface area contributed by atoms with Crippen molar-refractivity contribution in [2.24, 2.45) is 35.5 Å². The van der Waals surface area contributed by atoms with Crippen LogP contribution in [0.1, 0.15) is 151 Å². The Morgan fingerprint density at radius 1 is 0.855 bits per heavy atom. The van der Waals surface area contributed by atoms with Crippen molar-refractivity contribution in [3.63, 3.8) is 0 Å². The first kappa shape index (κ1) is 54.8. The number of likely N-dealkylation sites (tertiary alicyclic amines) is 1. The van der Waals surface area contributed by atoms with E-state index >= 15 is 0 Å². The Bertz CT molecular complexity index is 1560. The number of carboxylic acids is 1. The Morgan fingerprint density at radius 3 is 2.23 bits per heavy atom. The fraction of sp³-hybridized carbons (Fsp3) is 0.740. The Kier molecular flexibility index (Phi) is 24.6. The average Bonchev–Trinajstić information content (AvgIpc) is 3.24. The Hall–Kier alpha value is -3.29. The summed E-state index contributed by atoms with van der Waals surface area (Å²) in [5.74, 6) is -7.10. The van der Waals surface area contributed by atoms with Gasteiger partial charge in [0.2, 0.25) is 5.79 Å². The van der Waals surface area contributed by atoms with Crippen molar-refractivity contribution in [1.29, 1.82) is 0 Å². The fourth-order valence-corrected chi connectivity index (χ4v) is 9.03. The highest BCUT2D eigenvalue weighted by Gasteiger charge is 2.47. The number of methoxy groups -OCH3 is 2. The zero-order chi connectivity index (χ0) is 46.6. The number of aliphatic hydroxyl groups is 3. The first-order valence-electron chi connectivity index (χ1n) is 23.3. The van der Waals surface area contributed by atoms with Crippen molar-refractivity contribution in [3.8, 4) is 0 Å². The number of rotatable bonds is 28. The lowest BCUT2D eigenvalue weighted by Crippen LogP contribution is -2.57. The van der Waals surface area contributed by atoms with Gasteiger partial charge in [-0.3, -0.25) is 19.2 Å². The van der Waals surface area contributed by atoms with Gasteiger partial charge in [-0.15, -0.1) is 0 Å². The molecule has 0 radical (unpaired) electrons. The first-order chi connectivity index (χ1) is 29.2. The number of carbonyl (C=O) groups is 5. The van der Waals surface area contributed by atoms with E-state index in [2.05, 4.69) is 6.92 Å². The highest BCUT2D eigenvalue weighted by atomic mass is 16.5. The average molecular weight is 872 g/mol. The molecule has 1 saturated heterocycles. The summed E-state index contributed by atoms with van der Waals surface area (Å²) in [5.41, 5.74) is 1.72. The van der Waals surface area contributed by atoms with Crippen LogP contribution in [0, 0.1) is 35.5 Å². The number of piperidine rings is 1. The van der Waals surface area contributed by atoms with Gasteiger partial charge in [-0.1, -0.05) is 102 Å². The molecule has 12 nitrogen and oxygen atoms in total. The lowest BCUT2D eigenvalue weighted by molar-refractivity contribution is -0.205. The van der Waals surface area contributed by atoms with Crippen LogP contribution in [0.3, 0.4) is 0 Å². The lowest BCUT2D eigenvalue weighted by atomic mass is 9.80. The summed E-state index contributed by atoms with van der Waals surface area (Å²) in [4.78, 5) is 64.5. The molecule has 4 N–H and O–H groups in total. The number of aliphatic hydroxyl groups excluding tert-OH is 1. The number of carboxylic acid groups (broad SMARTS) is 1. The van der Waals surface area contributed by atoms with Crippen LogP contribution in [0.2, 0.25) is 0 Å². The number of amides is 1. The molecule has 10 atom stereocenters. The second kappa shape index (κ2) is 27.8. The smallest absolute Gasteiger partial charge is 0.326 e. The van der Waals surface area contributed by atoms with Gasteiger partial charge in [0.25, 0.3) is 11.7 Å². The van der Waals surface area contributed by atoms with Gasteiger partial charge in [0.05, 0.1) is 6.10 Å². The fourth-order valence-electron chi connectivity index (χ4n) is 9.03. The molecule has 0 bridgehead atoms. The number of ketones is 3. The quantitative estimate of drug-likeness (QED) is 0.0196. The summed E-state index contributed by atoms with van der Waals surface area (Å²) < 4.78 is 11.1. The minimum atomic E-state index is -2.87. The molecule has 2 fully saturated rings. The zero-order valence-electron chi connectivity index (χ0n) is 39.4. The van der Waals surface area contributed by atoms with E-state index in [0.29, 0.717) is 62.0 Å². The van der Waals surface area contributed by atoms with Crippen molar-refractivity contribution >= 4 is 29.2 Å². The molecule has 1 aliphatic carbocycles. The second-order valence-electron chi connectivity index (χ2n) is 18.7. The second-order valence-corrected chi connectivity index (χ2v) is 18.7. The number of carbonyl (C=O) groups excluding carboxylic acids is 4. The zero-order valence-corrected chi connectivity index (χ0v) is 39.4. The Morgan fingerprint density at radius 2 is 1.56 bits per heavy atom. The molecule has 12 heteroatoms. The van der Waals surface area contributed by atoms with E-state index in [9.17, 15) is 44.4 Å². The van der Waals surface area contributed by atoms with E-state index in [1.54, 1.807) is 20.1 Å². The highest BCUT2D eigenvalue weighted by molar-refractivity contribution is 6.39. The molecule has 62 heavy (non-hydrogen) atoms. The molecular weight excluding hydrogens is 791 g/mol. The minimum absolute atomic E-state index is 0.0910. The van der Waals surface area contributed by atoms with Crippen molar-refractivity contribution in [2.45, 2.75) is 181 Å². The highest BCUT2D eigenvalue weighted by Crippen LogP contribution is 2.32. The van der Waals surface area contributed by atoms with E-state index in [1.165, 1.54) is 26.9 Å². The predicted molar refractivity (Wildman–Crippen MR) is 242 cm³/mol. The van der Waals surface area contributed by atoms with Crippen LogP contribution >= 0.6 is 0 Å². The van der Waals surface area contributed by atoms with Gasteiger partial charge in [0.15, 0.2) is 5.78 Å². The number of ether oxygens (including phenoxy) is 2. The summed E-state index contributed by atoms with van der Waals surface area (Å²) in [6, 6.07) is -1.14. The molecule has 1 amide bonds. The molecule has 2 rings (SSSR count). The topological polar surface area (TPSA) is 188 Å². The van der Waals surface area contributed by atoms with Gasteiger partial charge < -0.3 is 34.8 Å². The predicted octanol–water partition coefficient (Wildman–Crippen LogP) is 8.12. The molecule has 0 spiro atoms. The van der Waals surface area contributed by atoms with E-state index in [4.69, 9.17) is 9.47 Å². The molecule has 352 valence electrons. The summed E-state index contributed by atoms with van der Waals surface area (Å²) in [6.07, 6.45) is 22.3. The molecule has 1 aliphatic heterocycles. The molecular formula is C50H81NO11. The van der Waals surface area contributed by atoms with Crippen molar-refractivity contribution < 1.29 is 53.9 Å². The maximum absolute atomic E-state index is 13.4. The van der Waals surface area contributed by atoms with Crippen LogP contribution < -0.4 is 0 Å². The molecule has 2 aliphatic rings. The first-order valence-corrected chi connectivity index (χ1v) is 23.3. The minimum Gasteiger partial charge on any atom is -0.480 e. The molecule has 0 aromatic rings. The normalized spacial score (nSPS) is 22.8. The third-order valence-electron chi connectivity index (χ3n) is 13.2. The molecule has 0 unspecified atom stereocenters.